The number of aldehydes is 1. The summed E-state index contributed by atoms with van der Waals surface area (Å²) >= 11 is 0. The van der Waals surface area contributed by atoms with Gasteiger partial charge < -0.3 is 25.9 Å². The van der Waals surface area contributed by atoms with E-state index in [0.717, 1.165) is 32.1 Å². The topological polar surface area (TPSA) is 125 Å². The van der Waals surface area contributed by atoms with Crippen LogP contribution < -0.4 is 16.0 Å². The highest BCUT2D eigenvalue weighted by Crippen LogP contribution is 2.27. The number of hydrogen-bond donors (Lipinski definition) is 4. The lowest BCUT2D eigenvalue weighted by Gasteiger charge is -2.30. The van der Waals surface area contributed by atoms with Crippen molar-refractivity contribution in [2.75, 3.05) is 6.54 Å². The minimum Gasteiger partial charge on any atom is -0.465 e. The molecule has 1 saturated carbocycles. The van der Waals surface area contributed by atoms with Crippen LogP contribution >= 0.6 is 0 Å². The van der Waals surface area contributed by atoms with E-state index in [-0.39, 0.29) is 24.2 Å². The average Bonchev–Trinajstić information content (AvgIpc) is 2.97. The zero-order chi connectivity index (χ0) is 17.5. The lowest BCUT2D eigenvalue weighted by molar-refractivity contribution is -0.128. The molecule has 0 aromatic rings. The van der Waals surface area contributed by atoms with Crippen LogP contribution in [0.2, 0.25) is 0 Å². The number of amides is 3. The van der Waals surface area contributed by atoms with Crippen molar-refractivity contribution in [3.05, 3.63) is 0 Å². The molecule has 0 aromatic heterocycles. The summed E-state index contributed by atoms with van der Waals surface area (Å²) in [6.45, 7) is 0.578. The molecule has 0 unspecified atom stereocenters. The summed E-state index contributed by atoms with van der Waals surface area (Å²) in [6.07, 6.45) is 4.84. The van der Waals surface area contributed by atoms with Gasteiger partial charge in [0.2, 0.25) is 11.8 Å². The number of carboxylic acid groups (broad SMARTS) is 1. The smallest absolute Gasteiger partial charge is 0.405 e. The van der Waals surface area contributed by atoms with Crippen LogP contribution in [0.25, 0.3) is 0 Å². The van der Waals surface area contributed by atoms with E-state index >= 15 is 0 Å². The van der Waals surface area contributed by atoms with E-state index < -0.39 is 24.1 Å². The molecule has 1 aliphatic heterocycles. The van der Waals surface area contributed by atoms with E-state index in [0.29, 0.717) is 19.3 Å². The Morgan fingerprint density at radius 1 is 1.21 bits per heavy atom. The van der Waals surface area contributed by atoms with Crippen LogP contribution in [-0.4, -0.2) is 47.9 Å². The first kappa shape index (κ1) is 18.2. The van der Waals surface area contributed by atoms with Gasteiger partial charge in [0, 0.05) is 12.5 Å². The van der Waals surface area contributed by atoms with Crippen LogP contribution in [0.5, 0.6) is 0 Å². The normalized spacial score (nSPS) is 23.8. The lowest BCUT2D eigenvalue weighted by Crippen LogP contribution is -2.53. The molecule has 0 aromatic carbocycles. The van der Waals surface area contributed by atoms with Gasteiger partial charge in [-0.3, -0.25) is 9.59 Å². The van der Waals surface area contributed by atoms with Gasteiger partial charge in [-0.1, -0.05) is 19.3 Å². The quantitative estimate of drug-likeness (QED) is 0.500. The highest BCUT2D eigenvalue weighted by atomic mass is 16.4. The molecule has 1 heterocycles. The van der Waals surface area contributed by atoms with Gasteiger partial charge in [-0.25, -0.2) is 4.79 Å². The van der Waals surface area contributed by atoms with Crippen LogP contribution in [0.4, 0.5) is 4.79 Å². The van der Waals surface area contributed by atoms with Crippen LogP contribution in [0, 0.1) is 11.8 Å². The van der Waals surface area contributed by atoms with Gasteiger partial charge in [-0.15, -0.1) is 0 Å². The Hall–Kier alpha value is -2.12. The standard InChI is InChI=1S/C16H25N3O5/c20-9-12(8-11-6-7-17-14(11)21)18-15(22)13(19-16(23)24)10-4-2-1-3-5-10/h9-13,19H,1-8H2,(H,17,21)(H,18,22)(H,23,24)/t11-,12-,13-/m0/s1. The van der Waals surface area contributed by atoms with E-state index in [1.54, 1.807) is 0 Å². The first-order valence-corrected chi connectivity index (χ1v) is 8.54. The van der Waals surface area contributed by atoms with E-state index in [2.05, 4.69) is 16.0 Å². The first-order chi connectivity index (χ1) is 11.5. The fourth-order valence-electron chi connectivity index (χ4n) is 3.60. The largest absolute Gasteiger partial charge is 0.465 e. The zero-order valence-corrected chi connectivity index (χ0v) is 13.6. The van der Waals surface area contributed by atoms with Crippen LogP contribution in [-0.2, 0) is 14.4 Å². The van der Waals surface area contributed by atoms with E-state index in [1.165, 1.54) is 0 Å². The Morgan fingerprint density at radius 2 is 1.92 bits per heavy atom. The number of carbonyl (C=O) groups is 4. The van der Waals surface area contributed by atoms with Crippen molar-refractivity contribution in [1.82, 2.24) is 16.0 Å². The molecular formula is C16H25N3O5. The molecule has 134 valence electrons. The highest BCUT2D eigenvalue weighted by molar-refractivity contribution is 5.88. The van der Waals surface area contributed by atoms with Crippen LogP contribution in [0.3, 0.4) is 0 Å². The number of carbonyl (C=O) groups excluding carboxylic acids is 3. The van der Waals surface area contributed by atoms with Crippen molar-refractivity contribution >= 4 is 24.2 Å². The minimum absolute atomic E-state index is 0.0584. The second kappa shape index (κ2) is 8.65. The second-order valence-electron chi connectivity index (χ2n) is 6.59. The summed E-state index contributed by atoms with van der Waals surface area (Å²) in [7, 11) is 0. The summed E-state index contributed by atoms with van der Waals surface area (Å²) in [5.74, 6) is -0.943. The molecule has 1 aliphatic carbocycles. The average molecular weight is 339 g/mol. The van der Waals surface area contributed by atoms with E-state index in [4.69, 9.17) is 5.11 Å². The SMILES string of the molecule is O=C[C@H](C[C@@H]1CCNC1=O)NC(=O)[C@@H](NC(=O)O)C1CCCCC1. The highest BCUT2D eigenvalue weighted by Gasteiger charge is 2.33. The molecular weight excluding hydrogens is 314 g/mol. The molecule has 1 saturated heterocycles. The third-order valence-electron chi connectivity index (χ3n) is 4.88. The molecule has 3 amide bonds. The zero-order valence-electron chi connectivity index (χ0n) is 13.6. The van der Waals surface area contributed by atoms with Crippen LogP contribution in [0.1, 0.15) is 44.9 Å². The predicted molar refractivity (Wildman–Crippen MR) is 85.3 cm³/mol. The maximum atomic E-state index is 12.5. The molecule has 24 heavy (non-hydrogen) atoms. The third kappa shape index (κ3) is 4.94. The van der Waals surface area contributed by atoms with Gasteiger partial charge in [0.05, 0.1) is 6.04 Å². The van der Waals surface area contributed by atoms with Crippen molar-refractivity contribution in [2.45, 2.75) is 57.0 Å². The molecule has 8 nitrogen and oxygen atoms in total. The van der Waals surface area contributed by atoms with Crippen molar-refractivity contribution in [2.24, 2.45) is 11.8 Å². The van der Waals surface area contributed by atoms with Gasteiger partial charge in [-0.05, 0) is 31.6 Å². The van der Waals surface area contributed by atoms with Gasteiger partial charge in [0.1, 0.15) is 12.3 Å². The molecule has 0 bridgehead atoms. The van der Waals surface area contributed by atoms with E-state index in [9.17, 15) is 19.2 Å². The molecule has 4 N–H and O–H groups in total. The molecule has 3 atom stereocenters. The van der Waals surface area contributed by atoms with Gasteiger partial charge in [-0.2, -0.15) is 0 Å². The van der Waals surface area contributed by atoms with Crippen molar-refractivity contribution in [3.8, 4) is 0 Å². The molecule has 2 fully saturated rings. The second-order valence-corrected chi connectivity index (χ2v) is 6.59. The minimum atomic E-state index is -1.25. The molecule has 2 aliphatic rings. The monoisotopic (exact) mass is 339 g/mol. The summed E-state index contributed by atoms with van der Waals surface area (Å²) in [6, 6.07) is -1.64. The van der Waals surface area contributed by atoms with E-state index in [1.807, 2.05) is 0 Å². The van der Waals surface area contributed by atoms with Gasteiger partial charge >= 0.3 is 6.09 Å². The van der Waals surface area contributed by atoms with Crippen molar-refractivity contribution in [3.63, 3.8) is 0 Å². The predicted octanol–water partition coefficient (Wildman–Crippen LogP) is 0.413. The summed E-state index contributed by atoms with van der Waals surface area (Å²) in [5.41, 5.74) is 0. The fourth-order valence-corrected chi connectivity index (χ4v) is 3.60. The Bertz CT molecular complexity index is 490. The molecule has 0 spiro atoms. The summed E-state index contributed by atoms with van der Waals surface area (Å²) in [4.78, 5) is 46.4. The van der Waals surface area contributed by atoms with Gasteiger partial charge in [0.15, 0.2) is 0 Å². The summed E-state index contributed by atoms with van der Waals surface area (Å²) in [5, 5.41) is 16.6. The molecule has 0 radical (unpaired) electrons. The Morgan fingerprint density at radius 3 is 2.46 bits per heavy atom. The number of nitrogens with one attached hydrogen (secondary N) is 3. The molecule has 2 rings (SSSR count). The van der Waals surface area contributed by atoms with Crippen molar-refractivity contribution < 1.29 is 24.3 Å². The Kier molecular flexibility index (Phi) is 6.57. The fraction of sp³-hybridized carbons (Fsp3) is 0.750. The van der Waals surface area contributed by atoms with Gasteiger partial charge in [0.25, 0.3) is 0 Å². The first-order valence-electron chi connectivity index (χ1n) is 8.54. The Labute approximate surface area is 140 Å². The van der Waals surface area contributed by atoms with Crippen LogP contribution in [0.15, 0.2) is 0 Å². The third-order valence-corrected chi connectivity index (χ3v) is 4.88. The maximum absolute atomic E-state index is 12.5. The summed E-state index contributed by atoms with van der Waals surface area (Å²) < 4.78 is 0. The lowest BCUT2D eigenvalue weighted by atomic mass is 9.83. The van der Waals surface area contributed by atoms with Crippen molar-refractivity contribution in [1.29, 1.82) is 0 Å². The maximum Gasteiger partial charge on any atom is 0.405 e. The Balaban J connectivity index is 1.97. The number of rotatable bonds is 7. The molecule has 8 heteroatoms. The number of hydrogen-bond acceptors (Lipinski definition) is 4.